The van der Waals surface area contributed by atoms with Gasteiger partial charge in [-0.1, -0.05) is 18.7 Å². The normalized spacial score (nSPS) is 21.5. The Morgan fingerprint density at radius 2 is 2.00 bits per heavy atom. The number of ether oxygens (including phenoxy) is 2. The molecule has 19 heavy (non-hydrogen) atoms. The van der Waals surface area contributed by atoms with Crippen LogP contribution in [0.2, 0.25) is 0 Å². The summed E-state index contributed by atoms with van der Waals surface area (Å²) in [6.45, 7) is 3.06. The molecule has 0 saturated carbocycles. The summed E-state index contributed by atoms with van der Waals surface area (Å²) in [6.07, 6.45) is 5.35. The maximum Gasteiger partial charge on any atom is 0.330 e. The Hall–Kier alpha value is -2.11. The van der Waals surface area contributed by atoms with Crippen molar-refractivity contribution in [3.05, 3.63) is 24.8 Å². The van der Waals surface area contributed by atoms with Gasteiger partial charge in [-0.25, -0.2) is 4.79 Å². The van der Waals surface area contributed by atoms with Crippen molar-refractivity contribution in [1.29, 1.82) is 0 Å². The smallest absolute Gasteiger partial charge is 0.330 e. The Morgan fingerprint density at radius 1 is 1.32 bits per heavy atom. The van der Waals surface area contributed by atoms with Gasteiger partial charge in [0.2, 0.25) is 0 Å². The van der Waals surface area contributed by atoms with Gasteiger partial charge in [0.25, 0.3) is 0 Å². The molecule has 0 amide bonds. The van der Waals surface area contributed by atoms with E-state index in [1.54, 1.807) is 6.08 Å². The van der Waals surface area contributed by atoms with Crippen LogP contribution in [0.1, 0.15) is 12.8 Å². The van der Waals surface area contributed by atoms with Gasteiger partial charge in [-0.05, 0) is 12.8 Å². The number of carbonyl (C=O) groups is 3. The monoisotopic (exact) mass is 268 g/mol. The molecular weight excluding hydrogens is 252 g/mol. The standard InChI is InChI=1S/C13H16O6/c1-2-11(14)18-7-8-19-13(17)10-6-4-3-5-9(10)12(15)16/h2-3,5,9-10H,1,4,6-8H2,(H,15,16). The number of aliphatic carboxylic acids is 1. The highest BCUT2D eigenvalue weighted by Gasteiger charge is 2.34. The van der Waals surface area contributed by atoms with Crippen molar-refractivity contribution in [1.82, 2.24) is 0 Å². The van der Waals surface area contributed by atoms with Crippen molar-refractivity contribution in [3.8, 4) is 0 Å². The molecule has 1 aliphatic rings. The quantitative estimate of drug-likeness (QED) is 0.333. The molecule has 0 spiro atoms. The van der Waals surface area contributed by atoms with Crippen LogP contribution >= 0.6 is 0 Å². The Morgan fingerprint density at radius 3 is 2.63 bits per heavy atom. The molecule has 0 saturated heterocycles. The molecular formula is C13H16O6. The fourth-order valence-corrected chi connectivity index (χ4v) is 1.80. The topological polar surface area (TPSA) is 89.9 Å². The van der Waals surface area contributed by atoms with E-state index in [2.05, 4.69) is 11.3 Å². The molecule has 0 bridgehead atoms. The summed E-state index contributed by atoms with van der Waals surface area (Å²) >= 11 is 0. The van der Waals surface area contributed by atoms with Crippen LogP contribution in [-0.4, -0.2) is 36.2 Å². The molecule has 0 aliphatic heterocycles. The van der Waals surface area contributed by atoms with E-state index in [1.165, 1.54) is 6.08 Å². The molecule has 0 radical (unpaired) electrons. The van der Waals surface area contributed by atoms with Gasteiger partial charge in [-0.15, -0.1) is 0 Å². The summed E-state index contributed by atoms with van der Waals surface area (Å²) in [5, 5.41) is 8.99. The number of esters is 2. The minimum atomic E-state index is -1.05. The Labute approximate surface area is 110 Å². The lowest BCUT2D eigenvalue weighted by atomic mass is 9.84. The molecule has 2 atom stereocenters. The number of hydrogen-bond donors (Lipinski definition) is 1. The van der Waals surface area contributed by atoms with Crippen molar-refractivity contribution in [2.45, 2.75) is 12.8 Å². The molecule has 6 nitrogen and oxygen atoms in total. The number of hydrogen-bond acceptors (Lipinski definition) is 5. The van der Waals surface area contributed by atoms with E-state index in [4.69, 9.17) is 9.84 Å². The molecule has 2 unspecified atom stereocenters. The molecule has 1 aliphatic carbocycles. The fraction of sp³-hybridized carbons (Fsp3) is 0.462. The highest BCUT2D eigenvalue weighted by atomic mass is 16.6. The molecule has 0 aromatic carbocycles. The van der Waals surface area contributed by atoms with E-state index < -0.39 is 29.7 Å². The number of carboxylic acid groups (broad SMARTS) is 1. The molecule has 0 aromatic rings. The average Bonchev–Trinajstić information content (AvgIpc) is 2.42. The van der Waals surface area contributed by atoms with Gasteiger partial charge in [0.15, 0.2) is 0 Å². The molecule has 1 N–H and O–H groups in total. The van der Waals surface area contributed by atoms with E-state index in [0.29, 0.717) is 12.8 Å². The van der Waals surface area contributed by atoms with E-state index in [1.807, 2.05) is 0 Å². The molecule has 104 valence electrons. The fourth-order valence-electron chi connectivity index (χ4n) is 1.80. The summed E-state index contributed by atoms with van der Waals surface area (Å²) < 4.78 is 9.55. The van der Waals surface area contributed by atoms with Gasteiger partial charge < -0.3 is 14.6 Å². The van der Waals surface area contributed by atoms with Crippen molar-refractivity contribution in [3.63, 3.8) is 0 Å². The lowest BCUT2D eigenvalue weighted by Gasteiger charge is -2.22. The van der Waals surface area contributed by atoms with Gasteiger partial charge in [-0.3, -0.25) is 9.59 Å². The van der Waals surface area contributed by atoms with Gasteiger partial charge in [-0.2, -0.15) is 0 Å². The average molecular weight is 268 g/mol. The minimum absolute atomic E-state index is 0.0725. The van der Waals surface area contributed by atoms with Crippen LogP contribution in [0.25, 0.3) is 0 Å². The Bertz CT molecular complexity index is 398. The van der Waals surface area contributed by atoms with E-state index in [9.17, 15) is 14.4 Å². The van der Waals surface area contributed by atoms with E-state index >= 15 is 0 Å². The Kier molecular flexibility index (Phi) is 5.78. The second-order valence-electron chi connectivity index (χ2n) is 4.02. The zero-order valence-corrected chi connectivity index (χ0v) is 10.4. The maximum absolute atomic E-state index is 11.7. The minimum Gasteiger partial charge on any atom is -0.481 e. The maximum atomic E-state index is 11.7. The lowest BCUT2D eigenvalue weighted by molar-refractivity contribution is -0.159. The highest BCUT2D eigenvalue weighted by molar-refractivity contribution is 5.83. The van der Waals surface area contributed by atoms with Crippen molar-refractivity contribution in [2.75, 3.05) is 13.2 Å². The van der Waals surface area contributed by atoms with Crippen LogP contribution in [0.5, 0.6) is 0 Å². The third-order valence-electron chi connectivity index (χ3n) is 2.75. The van der Waals surface area contributed by atoms with Crippen LogP contribution in [0.3, 0.4) is 0 Å². The largest absolute Gasteiger partial charge is 0.481 e. The number of carboxylic acids is 1. The number of allylic oxidation sites excluding steroid dienone is 1. The van der Waals surface area contributed by atoms with Crippen LogP contribution in [0, 0.1) is 11.8 Å². The third kappa shape index (κ3) is 4.57. The van der Waals surface area contributed by atoms with E-state index in [0.717, 1.165) is 6.08 Å². The predicted octanol–water partition coefficient (Wildman–Crippen LogP) is 0.926. The SMILES string of the molecule is C=CC(=O)OCCOC(=O)C1CCC=CC1C(=O)O. The van der Waals surface area contributed by atoms with Gasteiger partial charge in [0.05, 0.1) is 11.8 Å². The van der Waals surface area contributed by atoms with Crippen molar-refractivity contribution in [2.24, 2.45) is 11.8 Å². The highest BCUT2D eigenvalue weighted by Crippen LogP contribution is 2.26. The summed E-state index contributed by atoms with van der Waals surface area (Å²) in [5.41, 5.74) is 0. The Balaban J connectivity index is 2.40. The van der Waals surface area contributed by atoms with Crippen molar-refractivity contribution < 1.29 is 29.0 Å². The predicted molar refractivity (Wildman–Crippen MR) is 65.1 cm³/mol. The second-order valence-corrected chi connectivity index (χ2v) is 4.02. The van der Waals surface area contributed by atoms with Gasteiger partial charge >= 0.3 is 17.9 Å². The van der Waals surface area contributed by atoms with Crippen molar-refractivity contribution >= 4 is 17.9 Å². The third-order valence-corrected chi connectivity index (χ3v) is 2.75. The summed E-state index contributed by atoms with van der Waals surface area (Å²) in [7, 11) is 0. The number of carbonyl (C=O) groups excluding carboxylic acids is 2. The number of rotatable bonds is 6. The first kappa shape index (κ1) is 14.9. The molecule has 0 fully saturated rings. The van der Waals surface area contributed by atoms with Crippen LogP contribution in [-0.2, 0) is 23.9 Å². The van der Waals surface area contributed by atoms with Crippen LogP contribution in [0.15, 0.2) is 24.8 Å². The summed E-state index contributed by atoms with van der Waals surface area (Å²) in [4.78, 5) is 33.5. The second kappa shape index (κ2) is 7.35. The first-order valence-corrected chi connectivity index (χ1v) is 5.91. The van der Waals surface area contributed by atoms with Crippen LogP contribution < -0.4 is 0 Å². The van der Waals surface area contributed by atoms with Gasteiger partial charge in [0.1, 0.15) is 13.2 Å². The first-order valence-electron chi connectivity index (χ1n) is 5.91. The molecule has 6 heteroatoms. The molecule has 0 aromatic heterocycles. The zero-order valence-electron chi connectivity index (χ0n) is 10.4. The zero-order chi connectivity index (χ0) is 14.3. The summed E-state index contributed by atoms with van der Waals surface area (Å²) in [5.74, 6) is -3.75. The van der Waals surface area contributed by atoms with E-state index in [-0.39, 0.29) is 13.2 Å². The molecule has 0 heterocycles. The lowest BCUT2D eigenvalue weighted by Crippen LogP contribution is -2.32. The first-order chi connectivity index (χ1) is 9.06. The molecule has 1 rings (SSSR count). The summed E-state index contributed by atoms with van der Waals surface area (Å²) in [6, 6.07) is 0. The van der Waals surface area contributed by atoms with Gasteiger partial charge in [0, 0.05) is 6.08 Å². The van der Waals surface area contributed by atoms with Crippen LogP contribution in [0.4, 0.5) is 0 Å².